The Morgan fingerprint density at radius 3 is 2.38 bits per heavy atom. The van der Waals surface area contributed by atoms with Gasteiger partial charge in [0, 0.05) is 0 Å². The maximum absolute atomic E-state index is 9.41. The van der Waals surface area contributed by atoms with Gasteiger partial charge in [-0.1, -0.05) is 19.9 Å². The van der Waals surface area contributed by atoms with Crippen molar-refractivity contribution >= 4 is 15.9 Å². The minimum absolute atomic E-state index is 0.319. The van der Waals surface area contributed by atoms with Gasteiger partial charge in [0.15, 0.2) is 0 Å². The number of hydrogen-bond acceptors (Lipinski definition) is 2. The first-order valence-electron chi connectivity index (χ1n) is 5.50. The quantitative estimate of drug-likeness (QED) is 0.918. The predicted octanol–water partition coefficient (Wildman–Crippen LogP) is 3.50. The van der Waals surface area contributed by atoms with Crippen molar-refractivity contribution in [2.75, 3.05) is 7.11 Å². The fourth-order valence-electron chi connectivity index (χ4n) is 1.78. The summed E-state index contributed by atoms with van der Waals surface area (Å²) in [6.07, 6.45) is 0.350. The van der Waals surface area contributed by atoms with Crippen molar-refractivity contribution in [3.8, 4) is 5.75 Å². The summed E-state index contributed by atoms with van der Waals surface area (Å²) >= 11 is 3.51. The van der Waals surface area contributed by atoms with Gasteiger partial charge >= 0.3 is 0 Å². The number of halogens is 1. The smallest absolute Gasteiger partial charge is 0.136 e. The van der Waals surface area contributed by atoms with Crippen LogP contribution in [0.3, 0.4) is 0 Å². The van der Waals surface area contributed by atoms with Crippen LogP contribution in [0, 0.1) is 0 Å². The van der Waals surface area contributed by atoms with Crippen LogP contribution in [0.1, 0.15) is 37.8 Å². The SMILES string of the molecule is COc1c(Br)cc(CC(C)O)cc1C(C)C. The number of aliphatic hydroxyl groups excluding tert-OH is 1. The highest BCUT2D eigenvalue weighted by Gasteiger charge is 2.13. The molecule has 0 amide bonds. The van der Waals surface area contributed by atoms with E-state index in [1.807, 2.05) is 6.07 Å². The molecule has 3 heteroatoms. The molecule has 1 rings (SSSR count). The number of ether oxygens (including phenoxy) is 1. The predicted molar refractivity (Wildman–Crippen MR) is 70.2 cm³/mol. The van der Waals surface area contributed by atoms with Gasteiger partial charge in [-0.3, -0.25) is 0 Å². The van der Waals surface area contributed by atoms with Crippen molar-refractivity contribution in [1.82, 2.24) is 0 Å². The lowest BCUT2D eigenvalue weighted by Crippen LogP contribution is -2.06. The Bertz CT molecular complexity index is 359. The van der Waals surface area contributed by atoms with E-state index in [2.05, 4.69) is 35.8 Å². The van der Waals surface area contributed by atoms with Crippen LogP contribution in [-0.4, -0.2) is 18.3 Å². The Kier molecular flexibility index (Phi) is 4.81. The van der Waals surface area contributed by atoms with Crippen molar-refractivity contribution in [2.45, 2.75) is 39.2 Å². The Morgan fingerprint density at radius 1 is 1.31 bits per heavy atom. The fraction of sp³-hybridized carbons (Fsp3) is 0.538. The molecule has 0 aliphatic carbocycles. The molecule has 1 N–H and O–H groups in total. The second kappa shape index (κ2) is 5.69. The van der Waals surface area contributed by atoms with Crippen LogP contribution in [0.5, 0.6) is 5.75 Å². The summed E-state index contributed by atoms with van der Waals surface area (Å²) in [5, 5.41) is 9.41. The molecule has 0 spiro atoms. The van der Waals surface area contributed by atoms with Crippen molar-refractivity contribution in [1.29, 1.82) is 0 Å². The second-order valence-electron chi connectivity index (χ2n) is 4.41. The zero-order valence-electron chi connectivity index (χ0n) is 10.2. The van der Waals surface area contributed by atoms with Gasteiger partial charge in [0.2, 0.25) is 0 Å². The topological polar surface area (TPSA) is 29.5 Å². The first kappa shape index (κ1) is 13.5. The molecule has 0 saturated heterocycles. The lowest BCUT2D eigenvalue weighted by molar-refractivity contribution is 0.195. The van der Waals surface area contributed by atoms with Crippen LogP contribution >= 0.6 is 15.9 Å². The largest absolute Gasteiger partial charge is 0.495 e. The van der Waals surface area contributed by atoms with Crippen LogP contribution in [0.2, 0.25) is 0 Å². The summed E-state index contributed by atoms with van der Waals surface area (Å²) in [6, 6.07) is 4.12. The van der Waals surface area contributed by atoms with Crippen LogP contribution in [0.25, 0.3) is 0 Å². The maximum Gasteiger partial charge on any atom is 0.136 e. The molecule has 0 bridgehead atoms. The van der Waals surface area contributed by atoms with E-state index < -0.39 is 0 Å². The van der Waals surface area contributed by atoms with Crippen LogP contribution < -0.4 is 4.74 Å². The molecule has 0 aromatic heterocycles. The minimum Gasteiger partial charge on any atom is -0.495 e. The van der Waals surface area contributed by atoms with E-state index in [-0.39, 0.29) is 6.10 Å². The third kappa shape index (κ3) is 3.22. The van der Waals surface area contributed by atoms with Crippen LogP contribution in [-0.2, 0) is 6.42 Å². The second-order valence-corrected chi connectivity index (χ2v) is 5.26. The van der Waals surface area contributed by atoms with Gasteiger partial charge in [0.05, 0.1) is 17.7 Å². The van der Waals surface area contributed by atoms with E-state index in [0.717, 1.165) is 15.8 Å². The van der Waals surface area contributed by atoms with E-state index in [9.17, 15) is 5.11 Å². The zero-order valence-corrected chi connectivity index (χ0v) is 11.8. The lowest BCUT2D eigenvalue weighted by atomic mass is 9.97. The molecule has 0 saturated carbocycles. The summed E-state index contributed by atoms with van der Waals surface area (Å²) in [5.41, 5.74) is 2.30. The summed E-state index contributed by atoms with van der Waals surface area (Å²) in [7, 11) is 1.68. The number of hydrogen-bond donors (Lipinski definition) is 1. The van der Waals surface area contributed by atoms with Gasteiger partial charge in [0.25, 0.3) is 0 Å². The molecule has 1 aromatic carbocycles. The molecular formula is C13H19BrO2. The molecule has 90 valence electrons. The van der Waals surface area contributed by atoms with Crippen molar-refractivity contribution in [3.63, 3.8) is 0 Å². The molecule has 0 aliphatic heterocycles. The molecule has 1 aromatic rings. The minimum atomic E-state index is -0.319. The van der Waals surface area contributed by atoms with Crippen molar-refractivity contribution in [2.24, 2.45) is 0 Å². The molecule has 0 aliphatic rings. The Hall–Kier alpha value is -0.540. The fourth-order valence-corrected chi connectivity index (χ4v) is 2.46. The standard InChI is InChI=1S/C13H19BrO2/c1-8(2)11-6-10(5-9(3)15)7-12(14)13(11)16-4/h6-9,15H,5H2,1-4H3. The number of benzene rings is 1. The first-order valence-corrected chi connectivity index (χ1v) is 6.29. The van der Waals surface area contributed by atoms with E-state index in [0.29, 0.717) is 12.3 Å². The molecule has 0 fully saturated rings. The van der Waals surface area contributed by atoms with Crippen molar-refractivity contribution < 1.29 is 9.84 Å². The van der Waals surface area contributed by atoms with Crippen molar-refractivity contribution in [3.05, 3.63) is 27.7 Å². The Labute approximate surface area is 106 Å². The highest BCUT2D eigenvalue weighted by molar-refractivity contribution is 9.10. The number of methoxy groups -OCH3 is 1. The zero-order chi connectivity index (χ0) is 12.3. The molecule has 16 heavy (non-hydrogen) atoms. The monoisotopic (exact) mass is 286 g/mol. The maximum atomic E-state index is 9.41. The third-order valence-corrected chi connectivity index (χ3v) is 3.08. The summed E-state index contributed by atoms with van der Waals surface area (Å²) in [4.78, 5) is 0. The average molecular weight is 287 g/mol. The highest BCUT2D eigenvalue weighted by atomic mass is 79.9. The molecule has 0 heterocycles. The van der Waals surface area contributed by atoms with Gasteiger partial charge < -0.3 is 9.84 Å². The van der Waals surface area contributed by atoms with E-state index in [1.54, 1.807) is 14.0 Å². The van der Waals surface area contributed by atoms with Crippen LogP contribution in [0.4, 0.5) is 0 Å². The molecular weight excluding hydrogens is 268 g/mol. The summed E-state index contributed by atoms with van der Waals surface area (Å²) in [6.45, 7) is 6.07. The van der Waals surface area contributed by atoms with Gasteiger partial charge in [-0.05, 0) is 52.4 Å². The van der Waals surface area contributed by atoms with Gasteiger partial charge in [-0.2, -0.15) is 0 Å². The van der Waals surface area contributed by atoms with Crippen LogP contribution in [0.15, 0.2) is 16.6 Å². The van der Waals surface area contributed by atoms with Gasteiger partial charge in [-0.25, -0.2) is 0 Å². The summed E-state index contributed by atoms with van der Waals surface area (Å²) in [5.74, 6) is 1.30. The molecule has 2 nitrogen and oxygen atoms in total. The lowest BCUT2D eigenvalue weighted by Gasteiger charge is -2.16. The highest BCUT2D eigenvalue weighted by Crippen LogP contribution is 2.35. The van der Waals surface area contributed by atoms with E-state index in [1.165, 1.54) is 5.56 Å². The van der Waals surface area contributed by atoms with E-state index in [4.69, 9.17) is 4.74 Å². The first-order chi connectivity index (χ1) is 7.45. The van der Waals surface area contributed by atoms with Gasteiger partial charge in [0.1, 0.15) is 5.75 Å². The molecule has 0 radical (unpaired) electrons. The molecule has 1 unspecified atom stereocenters. The number of aliphatic hydroxyl groups is 1. The third-order valence-electron chi connectivity index (χ3n) is 2.49. The molecule has 1 atom stereocenters. The average Bonchev–Trinajstić information content (AvgIpc) is 2.15. The van der Waals surface area contributed by atoms with E-state index >= 15 is 0 Å². The summed E-state index contributed by atoms with van der Waals surface area (Å²) < 4.78 is 6.34. The Morgan fingerprint density at radius 2 is 1.94 bits per heavy atom. The van der Waals surface area contributed by atoms with Gasteiger partial charge in [-0.15, -0.1) is 0 Å². The normalized spacial score (nSPS) is 12.9. The number of rotatable bonds is 4. The Balaban J connectivity index is 3.17.